The Balaban J connectivity index is 2.13. The fourth-order valence-electron chi connectivity index (χ4n) is 1.67. The first-order chi connectivity index (χ1) is 8.25. The molecule has 17 heavy (non-hydrogen) atoms. The molecule has 0 atom stereocenters. The molecule has 1 aromatic carbocycles. The second-order valence-corrected chi connectivity index (χ2v) is 4.92. The molecular weight excluding hydrogens is 256 g/mol. The third-order valence-corrected chi connectivity index (χ3v) is 3.68. The van der Waals surface area contributed by atoms with Crippen LogP contribution in [-0.2, 0) is 0 Å². The normalized spacial score (nSPS) is 10.9. The van der Waals surface area contributed by atoms with Gasteiger partial charge in [-0.15, -0.1) is 11.3 Å². The smallest absolute Gasteiger partial charge is 0.238 e. The molecule has 2 aromatic heterocycles. The van der Waals surface area contributed by atoms with E-state index < -0.39 is 0 Å². The Bertz CT molecular complexity index is 683. The van der Waals surface area contributed by atoms with Crippen LogP contribution in [0.5, 0.6) is 0 Å². The van der Waals surface area contributed by atoms with E-state index in [0.717, 1.165) is 5.39 Å². The van der Waals surface area contributed by atoms with Gasteiger partial charge < -0.3 is 4.42 Å². The Morgan fingerprint density at radius 1 is 1.24 bits per heavy atom. The third-order valence-electron chi connectivity index (χ3n) is 2.48. The molecule has 0 bridgehead atoms. The first kappa shape index (κ1) is 10.6. The van der Waals surface area contributed by atoms with E-state index in [1.54, 1.807) is 30.3 Å². The van der Waals surface area contributed by atoms with Gasteiger partial charge in [0.2, 0.25) is 5.78 Å². The minimum Gasteiger partial charge on any atom is -0.452 e. The summed E-state index contributed by atoms with van der Waals surface area (Å²) in [7, 11) is 0. The lowest BCUT2D eigenvalue weighted by molar-refractivity contribution is 0.101. The molecular formula is C13H7ClO2S. The Hall–Kier alpha value is -1.58. The Morgan fingerprint density at radius 3 is 2.82 bits per heavy atom. The molecule has 0 saturated heterocycles. The quantitative estimate of drug-likeness (QED) is 0.642. The van der Waals surface area contributed by atoms with Gasteiger partial charge in [0.25, 0.3) is 0 Å². The topological polar surface area (TPSA) is 30.2 Å². The number of rotatable bonds is 2. The standard InChI is InChI=1S/C13H7ClO2S/c14-9-3-1-4-10-8(9)7-11(16-10)13(15)12-5-2-6-17-12/h1-7H. The highest BCUT2D eigenvalue weighted by atomic mass is 35.5. The summed E-state index contributed by atoms with van der Waals surface area (Å²) in [5.41, 5.74) is 0.636. The summed E-state index contributed by atoms with van der Waals surface area (Å²) in [6.45, 7) is 0. The monoisotopic (exact) mass is 262 g/mol. The van der Waals surface area contributed by atoms with E-state index in [1.807, 2.05) is 11.4 Å². The average molecular weight is 263 g/mol. The molecule has 0 saturated carbocycles. The van der Waals surface area contributed by atoms with Gasteiger partial charge in [-0.3, -0.25) is 4.79 Å². The van der Waals surface area contributed by atoms with E-state index in [-0.39, 0.29) is 5.78 Å². The number of carbonyl (C=O) groups is 1. The number of thiophene rings is 1. The van der Waals surface area contributed by atoms with Crippen molar-refractivity contribution in [3.05, 3.63) is 57.4 Å². The molecule has 3 rings (SSSR count). The van der Waals surface area contributed by atoms with Crippen molar-refractivity contribution in [1.82, 2.24) is 0 Å². The number of ketones is 1. The zero-order valence-electron chi connectivity index (χ0n) is 8.64. The first-order valence-electron chi connectivity index (χ1n) is 5.02. The maximum atomic E-state index is 12.1. The average Bonchev–Trinajstić information content (AvgIpc) is 2.98. The second kappa shape index (κ2) is 4.02. The number of halogens is 1. The number of hydrogen-bond donors (Lipinski definition) is 0. The van der Waals surface area contributed by atoms with E-state index >= 15 is 0 Å². The van der Waals surface area contributed by atoms with Crippen LogP contribution in [0, 0.1) is 0 Å². The van der Waals surface area contributed by atoms with Crippen molar-refractivity contribution in [2.45, 2.75) is 0 Å². The summed E-state index contributed by atoms with van der Waals surface area (Å²) >= 11 is 7.43. The van der Waals surface area contributed by atoms with Gasteiger partial charge in [-0.1, -0.05) is 23.7 Å². The van der Waals surface area contributed by atoms with Crippen LogP contribution >= 0.6 is 22.9 Å². The zero-order valence-corrected chi connectivity index (χ0v) is 10.2. The molecule has 0 unspecified atom stereocenters. The Labute approximate surface area is 106 Å². The van der Waals surface area contributed by atoms with Crippen LogP contribution in [0.4, 0.5) is 0 Å². The highest BCUT2D eigenvalue weighted by Crippen LogP contribution is 2.28. The number of carbonyl (C=O) groups excluding carboxylic acids is 1. The van der Waals surface area contributed by atoms with Gasteiger partial charge in [0, 0.05) is 5.39 Å². The van der Waals surface area contributed by atoms with Crippen LogP contribution in [0.15, 0.2) is 46.2 Å². The zero-order chi connectivity index (χ0) is 11.8. The Morgan fingerprint density at radius 2 is 2.12 bits per heavy atom. The van der Waals surface area contributed by atoms with Crippen LogP contribution in [0.25, 0.3) is 11.0 Å². The van der Waals surface area contributed by atoms with Crippen molar-refractivity contribution >= 4 is 39.7 Å². The molecule has 0 aliphatic rings. The van der Waals surface area contributed by atoms with E-state index in [4.69, 9.17) is 16.0 Å². The van der Waals surface area contributed by atoms with Crippen LogP contribution in [-0.4, -0.2) is 5.78 Å². The molecule has 4 heteroatoms. The van der Waals surface area contributed by atoms with E-state index in [9.17, 15) is 4.79 Å². The second-order valence-electron chi connectivity index (χ2n) is 3.57. The fourth-order valence-corrected chi connectivity index (χ4v) is 2.56. The van der Waals surface area contributed by atoms with Crippen molar-refractivity contribution in [2.75, 3.05) is 0 Å². The largest absolute Gasteiger partial charge is 0.452 e. The number of benzene rings is 1. The lowest BCUT2D eigenvalue weighted by atomic mass is 10.2. The fraction of sp³-hybridized carbons (Fsp3) is 0. The minimum absolute atomic E-state index is 0.104. The van der Waals surface area contributed by atoms with Crippen LogP contribution in [0.2, 0.25) is 5.02 Å². The third kappa shape index (κ3) is 1.77. The van der Waals surface area contributed by atoms with Gasteiger partial charge in [0.15, 0.2) is 5.76 Å². The summed E-state index contributed by atoms with van der Waals surface area (Å²) in [5, 5.41) is 3.23. The molecule has 0 aliphatic carbocycles. The number of fused-ring (bicyclic) bond motifs is 1. The maximum Gasteiger partial charge on any atom is 0.238 e. The molecule has 0 fully saturated rings. The molecule has 84 valence electrons. The lowest BCUT2D eigenvalue weighted by Crippen LogP contribution is -1.95. The maximum absolute atomic E-state index is 12.1. The molecule has 0 radical (unpaired) electrons. The molecule has 0 spiro atoms. The molecule has 3 aromatic rings. The van der Waals surface area contributed by atoms with Crippen molar-refractivity contribution < 1.29 is 9.21 Å². The van der Waals surface area contributed by atoms with E-state index in [1.165, 1.54) is 11.3 Å². The molecule has 0 aliphatic heterocycles. The van der Waals surface area contributed by atoms with E-state index in [0.29, 0.717) is 21.2 Å². The van der Waals surface area contributed by atoms with Crippen molar-refractivity contribution in [3.8, 4) is 0 Å². The molecule has 0 amide bonds. The van der Waals surface area contributed by atoms with Crippen molar-refractivity contribution in [1.29, 1.82) is 0 Å². The van der Waals surface area contributed by atoms with Crippen LogP contribution in [0.3, 0.4) is 0 Å². The van der Waals surface area contributed by atoms with Gasteiger partial charge in [-0.05, 0) is 29.6 Å². The molecule has 0 N–H and O–H groups in total. The highest BCUT2D eigenvalue weighted by molar-refractivity contribution is 7.12. The van der Waals surface area contributed by atoms with Gasteiger partial charge in [-0.2, -0.15) is 0 Å². The summed E-state index contributed by atoms with van der Waals surface area (Å²) < 4.78 is 5.51. The SMILES string of the molecule is O=C(c1cc2c(Cl)cccc2o1)c1cccs1. The number of hydrogen-bond acceptors (Lipinski definition) is 3. The summed E-state index contributed by atoms with van der Waals surface area (Å²) in [4.78, 5) is 12.7. The summed E-state index contributed by atoms with van der Waals surface area (Å²) in [5.74, 6) is 0.225. The molecule has 2 heterocycles. The summed E-state index contributed by atoms with van der Waals surface area (Å²) in [6, 6.07) is 10.7. The molecule has 2 nitrogen and oxygen atoms in total. The van der Waals surface area contributed by atoms with E-state index in [2.05, 4.69) is 0 Å². The highest BCUT2D eigenvalue weighted by Gasteiger charge is 2.16. The van der Waals surface area contributed by atoms with Gasteiger partial charge in [0.05, 0.1) is 9.90 Å². The summed E-state index contributed by atoms with van der Waals surface area (Å²) in [6.07, 6.45) is 0. The minimum atomic E-state index is -0.104. The predicted octanol–water partition coefficient (Wildman–Crippen LogP) is 4.38. The van der Waals surface area contributed by atoms with Gasteiger partial charge >= 0.3 is 0 Å². The van der Waals surface area contributed by atoms with Gasteiger partial charge in [-0.25, -0.2) is 0 Å². The lowest BCUT2D eigenvalue weighted by Gasteiger charge is -1.90. The van der Waals surface area contributed by atoms with Crippen LogP contribution in [0.1, 0.15) is 15.4 Å². The van der Waals surface area contributed by atoms with Crippen molar-refractivity contribution in [3.63, 3.8) is 0 Å². The van der Waals surface area contributed by atoms with Crippen LogP contribution < -0.4 is 0 Å². The van der Waals surface area contributed by atoms with Gasteiger partial charge in [0.1, 0.15) is 5.58 Å². The number of furan rings is 1. The van der Waals surface area contributed by atoms with Crippen molar-refractivity contribution in [2.24, 2.45) is 0 Å². The first-order valence-corrected chi connectivity index (χ1v) is 6.28. The predicted molar refractivity (Wildman–Crippen MR) is 69.0 cm³/mol. The Kier molecular flexibility index (Phi) is 2.50.